The Balaban J connectivity index is 2.31. The third-order valence-electron chi connectivity index (χ3n) is 1.88. The maximum atomic E-state index is 11.2. The topological polar surface area (TPSA) is 38.3 Å². The molecular formula is C8H15NO2. The summed E-state index contributed by atoms with van der Waals surface area (Å²) in [4.78, 5) is 11.2. The van der Waals surface area contributed by atoms with Crippen molar-refractivity contribution in [3.05, 3.63) is 0 Å². The summed E-state index contributed by atoms with van der Waals surface area (Å²) in [5.41, 5.74) is 0. The first kappa shape index (κ1) is 8.53. The second kappa shape index (κ2) is 3.72. The summed E-state index contributed by atoms with van der Waals surface area (Å²) in [6, 6.07) is 0. The zero-order chi connectivity index (χ0) is 8.27. The molecule has 1 fully saturated rings. The van der Waals surface area contributed by atoms with Crippen molar-refractivity contribution in [2.45, 2.75) is 38.9 Å². The molecule has 2 atom stereocenters. The van der Waals surface area contributed by atoms with Gasteiger partial charge in [0.15, 0.2) is 0 Å². The minimum atomic E-state index is -0.190. The Bertz CT molecular complexity index is 147. The fourth-order valence-electron chi connectivity index (χ4n) is 1.28. The van der Waals surface area contributed by atoms with E-state index in [2.05, 4.69) is 5.32 Å². The highest BCUT2D eigenvalue weighted by Crippen LogP contribution is 2.18. The molecule has 1 N–H and O–H groups in total. The van der Waals surface area contributed by atoms with Gasteiger partial charge in [-0.25, -0.2) is 0 Å². The summed E-state index contributed by atoms with van der Waals surface area (Å²) in [5, 5.41) is 2.74. The van der Waals surface area contributed by atoms with Gasteiger partial charge in [-0.2, -0.15) is 0 Å². The van der Waals surface area contributed by atoms with Crippen molar-refractivity contribution in [3.63, 3.8) is 0 Å². The maximum absolute atomic E-state index is 11.2. The largest absolute Gasteiger partial charge is 0.365 e. The third-order valence-corrected chi connectivity index (χ3v) is 1.88. The number of hydrogen-bond donors (Lipinski definition) is 1. The molecule has 2 unspecified atom stereocenters. The normalized spacial score (nSPS) is 30.4. The lowest BCUT2D eigenvalue weighted by atomic mass is 10.2. The molecule has 0 bridgehead atoms. The smallest absolute Gasteiger partial charge is 0.249 e. The molecule has 1 aliphatic rings. The van der Waals surface area contributed by atoms with Crippen LogP contribution in [0.15, 0.2) is 0 Å². The minimum Gasteiger partial charge on any atom is -0.365 e. The van der Waals surface area contributed by atoms with Crippen LogP contribution in [-0.2, 0) is 9.53 Å². The van der Waals surface area contributed by atoms with E-state index in [9.17, 15) is 4.79 Å². The van der Waals surface area contributed by atoms with Gasteiger partial charge < -0.3 is 10.1 Å². The number of carbonyl (C=O) groups is 1. The Morgan fingerprint density at radius 2 is 2.36 bits per heavy atom. The van der Waals surface area contributed by atoms with Crippen molar-refractivity contribution in [1.82, 2.24) is 5.32 Å². The Morgan fingerprint density at radius 1 is 1.64 bits per heavy atom. The van der Waals surface area contributed by atoms with Crippen LogP contribution < -0.4 is 5.32 Å². The van der Waals surface area contributed by atoms with Gasteiger partial charge in [0.1, 0.15) is 6.10 Å². The van der Waals surface area contributed by atoms with Crippen molar-refractivity contribution in [1.29, 1.82) is 0 Å². The molecule has 1 rings (SSSR count). The number of likely N-dealkylation sites (N-methyl/N-ethyl adjacent to an activating group) is 1. The van der Waals surface area contributed by atoms with Gasteiger partial charge in [-0.3, -0.25) is 4.79 Å². The fourth-order valence-corrected chi connectivity index (χ4v) is 1.28. The van der Waals surface area contributed by atoms with Gasteiger partial charge in [0, 0.05) is 6.54 Å². The van der Waals surface area contributed by atoms with Crippen LogP contribution >= 0.6 is 0 Å². The summed E-state index contributed by atoms with van der Waals surface area (Å²) in [5.74, 6) is 0.0388. The van der Waals surface area contributed by atoms with Crippen LogP contribution in [0.25, 0.3) is 0 Å². The summed E-state index contributed by atoms with van der Waals surface area (Å²) in [7, 11) is 0. The molecule has 1 amide bonds. The standard InChI is InChI=1S/C8H15NO2/c1-3-9-8(10)7-5-4-6(2)11-7/h6-7H,3-5H2,1-2H3,(H,9,10). The number of rotatable bonds is 2. The van der Waals surface area contributed by atoms with Crippen LogP contribution in [0.4, 0.5) is 0 Å². The van der Waals surface area contributed by atoms with Crippen LogP contribution in [0.1, 0.15) is 26.7 Å². The average Bonchev–Trinajstić information content (AvgIpc) is 2.36. The molecule has 1 saturated heterocycles. The Labute approximate surface area is 67.1 Å². The SMILES string of the molecule is CCNC(=O)C1CCC(C)O1. The van der Waals surface area contributed by atoms with Crippen LogP contribution in [0, 0.1) is 0 Å². The molecule has 0 aromatic carbocycles. The molecule has 1 heterocycles. The van der Waals surface area contributed by atoms with Gasteiger partial charge in [0.25, 0.3) is 0 Å². The molecule has 0 spiro atoms. The molecule has 1 aliphatic heterocycles. The molecule has 3 heteroatoms. The Morgan fingerprint density at radius 3 is 2.82 bits per heavy atom. The number of hydrogen-bond acceptors (Lipinski definition) is 2. The average molecular weight is 157 g/mol. The Hall–Kier alpha value is -0.570. The van der Waals surface area contributed by atoms with Gasteiger partial charge in [-0.1, -0.05) is 0 Å². The molecule has 64 valence electrons. The molecule has 3 nitrogen and oxygen atoms in total. The highest BCUT2D eigenvalue weighted by Gasteiger charge is 2.27. The lowest BCUT2D eigenvalue weighted by Gasteiger charge is -2.09. The van der Waals surface area contributed by atoms with Gasteiger partial charge in [0.05, 0.1) is 6.10 Å². The lowest BCUT2D eigenvalue weighted by Crippen LogP contribution is -2.34. The molecule has 0 aliphatic carbocycles. The number of ether oxygens (including phenoxy) is 1. The zero-order valence-electron chi connectivity index (χ0n) is 7.09. The zero-order valence-corrected chi connectivity index (χ0v) is 7.09. The van der Waals surface area contributed by atoms with E-state index >= 15 is 0 Å². The molecule has 0 aromatic rings. The summed E-state index contributed by atoms with van der Waals surface area (Å²) >= 11 is 0. The summed E-state index contributed by atoms with van der Waals surface area (Å²) in [6.07, 6.45) is 1.93. The van der Waals surface area contributed by atoms with Crippen molar-refractivity contribution < 1.29 is 9.53 Å². The molecule has 0 saturated carbocycles. The van der Waals surface area contributed by atoms with E-state index in [-0.39, 0.29) is 18.1 Å². The Kier molecular flexibility index (Phi) is 2.88. The van der Waals surface area contributed by atoms with Crippen LogP contribution in [0.3, 0.4) is 0 Å². The van der Waals surface area contributed by atoms with Crippen molar-refractivity contribution in [2.24, 2.45) is 0 Å². The minimum absolute atomic E-state index is 0.0388. The number of amides is 1. The highest BCUT2D eigenvalue weighted by molar-refractivity contribution is 5.80. The first-order chi connectivity index (χ1) is 5.24. The second-order valence-corrected chi connectivity index (χ2v) is 2.91. The van der Waals surface area contributed by atoms with Crippen molar-refractivity contribution in [3.8, 4) is 0 Å². The maximum Gasteiger partial charge on any atom is 0.249 e. The summed E-state index contributed by atoms with van der Waals surface area (Å²) in [6.45, 7) is 4.60. The summed E-state index contributed by atoms with van der Waals surface area (Å²) < 4.78 is 5.36. The van der Waals surface area contributed by atoms with E-state index in [0.717, 1.165) is 12.8 Å². The van der Waals surface area contributed by atoms with Crippen molar-refractivity contribution in [2.75, 3.05) is 6.54 Å². The van der Waals surface area contributed by atoms with E-state index in [0.29, 0.717) is 6.54 Å². The lowest BCUT2D eigenvalue weighted by molar-refractivity contribution is -0.131. The van der Waals surface area contributed by atoms with Crippen molar-refractivity contribution >= 4 is 5.91 Å². The van der Waals surface area contributed by atoms with Gasteiger partial charge in [-0.15, -0.1) is 0 Å². The predicted octanol–water partition coefficient (Wildman–Crippen LogP) is 0.690. The van der Waals surface area contributed by atoms with E-state index in [1.54, 1.807) is 0 Å². The van der Waals surface area contributed by atoms with Gasteiger partial charge in [0.2, 0.25) is 5.91 Å². The van der Waals surface area contributed by atoms with Crippen LogP contribution in [-0.4, -0.2) is 24.7 Å². The van der Waals surface area contributed by atoms with Gasteiger partial charge >= 0.3 is 0 Å². The predicted molar refractivity (Wildman–Crippen MR) is 42.3 cm³/mol. The van der Waals surface area contributed by atoms with E-state index < -0.39 is 0 Å². The first-order valence-electron chi connectivity index (χ1n) is 4.17. The second-order valence-electron chi connectivity index (χ2n) is 2.91. The fraction of sp³-hybridized carbons (Fsp3) is 0.875. The number of carbonyl (C=O) groups excluding carboxylic acids is 1. The monoisotopic (exact) mass is 157 g/mol. The first-order valence-corrected chi connectivity index (χ1v) is 4.17. The quantitative estimate of drug-likeness (QED) is 0.640. The molecular weight excluding hydrogens is 142 g/mol. The van der Waals surface area contributed by atoms with E-state index in [1.807, 2.05) is 13.8 Å². The molecule has 11 heavy (non-hydrogen) atoms. The third kappa shape index (κ3) is 2.19. The van der Waals surface area contributed by atoms with E-state index in [1.165, 1.54) is 0 Å². The van der Waals surface area contributed by atoms with E-state index in [4.69, 9.17) is 4.74 Å². The van der Waals surface area contributed by atoms with Gasteiger partial charge in [-0.05, 0) is 26.7 Å². The molecule has 0 radical (unpaired) electrons. The van der Waals surface area contributed by atoms with Crippen LogP contribution in [0.5, 0.6) is 0 Å². The van der Waals surface area contributed by atoms with Crippen LogP contribution in [0.2, 0.25) is 0 Å². The highest BCUT2D eigenvalue weighted by atomic mass is 16.5. The number of nitrogens with one attached hydrogen (secondary N) is 1. The molecule has 0 aromatic heterocycles.